The van der Waals surface area contributed by atoms with Crippen LogP contribution in [-0.2, 0) is 4.79 Å². The van der Waals surface area contributed by atoms with Crippen molar-refractivity contribution in [1.29, 1.82) is 0 Å². The zero-order valence-electron chi connectivity index (χ0n) is 7.44. The van der Waals surface area contributed by atoms with Gasteiger partial charge in [0.2, 0.25) is 0 Å². The quantitative estimate of drug-likeness (QED) is 0.368. The molecule has 74 valence electrons. The van der Waals surface area contributed by atoms with Gasteiger partial charge in [-0.2, -0.15) is 0 Å². The maximum Gasteiger partial charge on any atom is 0.325 e. The number of carbonyl (C=O) groups excluding carboxylic acids is 2. The summed E-state index contributed by atoms with van der Waals surface area (Å²) >= 11 is 0. The average Bonchev–Trinajstić information content (AvgIpc) is 2.13. The molecule has 0 atom stereocenters. The molecule has 0 aromatic heterocycles. The number of aliphatic hydroxyl groups is 2. The van der Waals surface area contributed by atoms with Crippen molar-refractivity contribution in [3.8, 4) is 0 Å². The van der Waals surface area contributed by atoms with Crippen LogP contribution in [0, 0.1) is 0 Å². The predicted molar refractivity (Wildman–Crippen MR) is 42.5 cm³/mol. The summed E-state index contributed by atoms with van der Waals surface area (Å²) in [6, 6.07) is -0.594. The molecule has 1 fully saturated rings. The van der Waals surface area contributed by atoms with Gasteiger partial charge in [0.05, 0.1) is 6.54 Å². The number of aliphatic hydroxyl groups excluding tert-OH is 1. The molecule has 0 bridgehead atoms. The van der Waals surface area contributed by atoms with E-state index in [0.29, 0.717) is 0 Å². The second-order valence-electron chi connectivity index (χ2n) is 3.41. The molecule has 1 aliphatic heterocycles. The minimum atomic E-state index is -1.63. The van der Waals surface area contributed by atoms with Crippen molar-refractivity contribution in [2.24, 2.45) is 0 Å². The number of β-amino-alcohol motifs (C(OH)–C–C–N with tert-alkyl or cyclic N) is 2. The Labute approximate surface area is 75.1 Å². The predicted octanol–water partition coefficient (Wildman–Crippen LogP) is -1.37. The summed E-state index contributed by atoms with van der Waals surface area (Å²) in [6.45, 7) is 2.80. The lowest BCUT2D eigenvalue weighted by atomic mass is 10.0. The third-order valence-electron chi connectivity index (χ3n) is 2.04. The Balaban J connectivity index is 2.82. The van der Waals surface area contributed by atoms with E-state index in [1.807, 2.05) is 0 Å². The highest BCUT2D eigenvalue weighted by Crippen LogP contribution is 2.20. The van der Waals surface area contributed by atoms with Gasteiger partial charge in [-0.15, -0.1) is 0 Å². The van der Waals surface area contributed by atoms with E-state index in [0.717, 1.165) is 4.90 Å². The van der Waals surface area contributed by atoms with Crippen molar-refractivity contribution in [2.45, 2.75) is 25.7 Å². The number of nitrogens with one attached hydrogen (secondary N) is 1. The Kier molecular flexibility index (Phi) is 2.27. The number of imide groups is 1. The van der Waals surface area contributed by atoms with Crippen molar-refractivity contribution >= 4 is 11.9 Å². The molecular weight excluding hydrogens is 176 g/mol. The summed E-state index contributed by atoms with van der Waals surface area (Å²) in [6.07, 6.45) is -1.63. The largest absolute Gasteiger partial charge is 0.367 e. The van der Waals surface area contributed by atoms with E-state index in [1.54, 1.807) is 0 Å². The van der Waals surface area contributed by atoms with Crippen molar-refractivity contribution in [3.05, 3.63) is 0 Å². The number of amides is 3. The lowest BCUT2D eigenvalue weighted by Crippen LogP contribution is -2.47. The fourth-order valence-electron chi connectivity index (χ4n) is 1.17. The molecule has 1 heterocycles. The van der Waals surface area contributed by atoms with Crippen molar-refractivity contribution < 1.29 is 19.8 Å². The first kappa shape index (κ1) is 9.94. The van der Waals surface area contributed by atoms with Gasteiger partial charge in [0, 0.05) is 0 Å². The molecule has 6 heteroatoms. The minimum absolute atomic E-state index is 0.273. The van der Waals surface area contributed by atoms with Gasteiger partial charge in [-0.3, -0.25) is 10.1 Å². The van der Waals surface area contributed by atoms with Crippen LogP contribution >= 0.6 is 0 Å². The van der Waals surface area contributed by atoms with E-state index in [-0.39, 0.29) is 6.54 Å². The van der Waals surface area contributed by atoms with E-state index in [4.69, 9.17) is 10.2 Å². The molecule has 13 heavy (non-hydrogen) atoms. The van der Waals surface area contributed by atoms with Crippen molar-refractivity contribution in [3.63, 3.8) is 0 Å². The first-order valence-corrected chi connectivity index (χ1v) is 3.85. The number of hydrogen-bond acceptors (Lipinski definition) is 4. The maximum atomic E-state index is 11.2. The number of hydrogen-bond donors (Lipinski definition) is 3. The first-order valence-electron chi connectivity index (χ1n) is 3.85. The molecule has 0 saturated carbocycles. The molecular formula is C7H12N2O4. The van der Waals surface area contributed by atoms with Crippen LogP contribution in [0.25, 0.3) is 0 Å². The van der Waals surface area contributed by atoms with Crippen LogP contribution in [0.1, 0.15) is 13.8 Å². The molecule has 0 spiro atoms. The molecule has 0 radical (unpaired) electrons. The standard InChI is InChI=1S/C7H12N2O4/c1-7(2)5(12)8-6(13)9(7)3-4(10)11/h4,10-11H,3H2,1-2H3,(H,8,12,13). The summed E-state index contributed by atoms with van der Waals surface area (Å²) < 4.78 is 0. The molecule has 1 rings (SSSR count). The fourth-order valence-corrected chi connectivity index (χ4v) is 1.17. The fraction of sp³-hybridized carbons (Fsp3) is 0.714. The van der Waals surface area contributed by atoms with Crippen LogP contribution in [0.15, 0.2) is 0 Å². The van der Waals surface area contributed by atoms with Crippen LogP contribution in [0.4, 0.5) is 4.79 Å². The second kappa shape index (κ2) is 2.97. The van der Waals surface area contributed by atoms with Gasteiger partial charge in [0.25, 0.3) is 5.91 Å². The summed E-state index contributed by atoms with van der Waals surface area (Å²) in [5, 5.41) is 19.4. The SMILES string of the molecule is CC1(C)C(=O)NC(=O)N1CC(O)O. The van der Waals surface area contributed by atoms with Gasteiger partial charge < -0.3 is 15.1 Å². The van der Waals surface area contributed by atoms with E-state index in [1.165, 1.54) is 13.8 Å². The van der Waals surface area contributed by atoms with Crippen molar-refractivity contribution in [2.75, 3.05) is 6.54 Å². The molecule has 1 aliphatic rings. The van der Waals surface area contributed by atoms with E-state index >= 15 is 0 Å². The molecule has 0 aromatic rings. The van der Waals surface area contributed by atoms with Crippen molar-refractivity contribution in [1.82, 2.24) is 10.2 Å². The van der Waals surface area contributed by atoms with Gasteiger partial charge in [0.15, 0.2) is 6.29 Å². The van der Waals surface area contributed by atoms with Gasteiger partial charge in [-0.1, -0.05) is 0 Å². The van der Waals surface area contributed by atoms with Crippen LogP contribution in [-0.4, -0.2) is 45.4 Å². The minimum Gasteiger partial charge on any atom is -0.367 e. The second-order valence-corrected chi connectivity index (χ2v) is 3.41. The van der Waals surface area contributed by atoms with Crippen LogP contribution < -0.4 is 5.32 Å². The topological polar surface area (TPSA) is 89.9 Å². The lowest BCUT2D eigenvalue weighted by molar-refractivity contribution is -0.126. The summed E-state index contributed by atoms with van der Waals surface area (Å²) in [4.78, 5) is 23.4. The highest BCUT2D eigenvalue weighted by Gasteiger charge is 2.45. The van der Waals surface area contributed by atoms with E-state index in [9.17, 15) is 9.59 Å². The highest BCUT2D eigenvalue weighted by atomic mass is 16.5. The first-order chi connectivity index (χ1) is 5.85. The lowest BCUT2D eigenvalue weighted by Gasteiger charge is -2.28. The number of nitrogens with zero attached hydrogens (tertiary/aromatic N) is 1. The van der Waals surface area contributed by atoms with Crippen LogP contribution in [0.3, 0.4) is 0 Å². The summed E-state index contributed by atoms with van der Waals surface area (Å²) in [5.74, 6) is -0.432. The van der Waals surface area contributed by atoms with E-state index < -0.39 is 23.8 Å². The zero-order valence-corrected chi connectivity index (χ0v) is 7.44. The normalized spacial score (nSPS) is 21.2. The molecule has 0 aliphatic carbocycles. The van der Waals surface area contributed by atoms with Crippen LogP contribution in [0.5, 0.6) is 0 Å². The summed E-state index contributed by atoms with van der Waals surface area (Å²) in [7, 11) is 0. The Morgan fingerprint density at radius 3 is 2.31 bits per heavy atom. The smallest absolute Gasteiger partial charge is 0.325 e. The van der Waals surface area contributed by atoms with Gasteiger partial charge in [-0.05, 0) is 13.8 Å². The average molecular weight is 188 g/mol. The number of carbonyl (C=O) groups is 2. The van der Waals surface area contributed by atoms with Gasteiger partial charge in [-0.25, -0.2) is 4.79 Å². The van der Waals surface area contributed by atoms with Crippen LogP contribution in [0.2, 0.25) is 0 Å². The molecule has 0 aromatic carbocycles. The number of rotatable bonds is 2. The Hall–Kier alpha value is -1.14. The Morgan fingerprint density at radius 1 is 1.46 bits per heavy atom. The highest BCUT2D eigenvalue weighted by molar-refractivity contribution is 6.06. The Bertz CT molecular complexity index is 249. The monoisotopic (exact) mass is 188 g/mol. The maximum absolute atomic E-state index is 11.2. The zero-order chi connectivity index (χ0) is 10.2. The van der Waals surface area contributed by atoms with E-state index in [2.05, 4.69) is 5.32 Å². The van der Waals surface area contributed by atoms with Gasteiger partial charge in [0.1, 0.15) is 5.54 Å². The summed E-state index contributed by atoms with van der Waals surface area (Å²) in [5.41, 5.74) is -1.01. The Morgan fingerprint density at radius 2 is 2.00 bits per heavy atom. The number of urea groups is 1. The molecule has 1 saturated heterocycles. The molecule has 6 nitrogen and oxygen atoms in total. The third-order valence-corrected chi connectivity index (χ3v) is 2.04. The molecule has 3 amide bonds. The third kappa shape index (κ3) is 1.63. The molecule has 0 unspecified atom stereocenters. The van der Waals surface area contributed by atoms with Gasteiger partial charge >= 0.3 is 6.03 Å². The molecule has 3 N–H and O–H groups in total.